The van der Waals surface area contributed by atoms with Gasteiger partial charge in [0.05, 0.1) is 24.9 Å². The average Bonchev–Trinajstić information content (AvgIpc) is 4.18. The van der Waals surface area contributed by atoms with Crippen molar-refractivity contribution in [3.05, 3.63) is 149 Å². The molecule has 0 aliphatic heterocycles. The third kappa shape index (κ3) is 19.3. The number of aromatic nitrogens is 3. The lowest BCUT2D eigenvalue weighted by Crippen LogP contribution is -2.27. The van der Waals surface area contributed by atoms with Gasteiger partial charge in [0.1, 0.15) is 46.0 Å². The van der Waals surface area contributed by atoms with E-state index in [1.807, 2.05) is 175 Å². The Morgan fingerprint density at radius 2 is 1.22 bits per heavy atom. The summed E-state index contributed by atoms with van der Waals surface area (Å²) in [7, 11) is 1.65. The summed E-state index contributed by atoms with van der Waals surface area (Å²) in [4.78, 5) is 60.3. The number of phenols is 1. The monoisotopic (exact) mass is 1120 g/mol. The Bertz CT molecular complexity index is 3550. The number of nitrogens with one attached hydrogen (secondary N) is 3. The summed E-state index contributed by atoms with van der Waals surface area (Å²) in [6.07, 6.45) is 3.05. The number of nitrogens with two attached hydrogens (primary N) is 1. The van der Waals surface area contributed by atoms with E-state index in [1.165, 1.54) is 0 Å². The molecular weight excluding hydrogens is 1030 g/mol. The number of carbonyl (C=O) groups is 4. The zero-order valence-electron chi connectivity index (χ0n) is 47.7. The second-order valence-electron chi connectivity index (χ2n) is 24.1. The standard InChI is InChI=1S/C21H23N3O2.C15H19NO2.C14H19NO2.C14H16O2S.3CH4/c1-13-5-7-14(8-6-13)20(26)24-19-10-15-9-16(23-17(15)12-22-19)11-18(25)21(2,3)4;1-15(2,3)14(17)9-11-7-10-8-12(18-4)5-6-13(10)16-11;2*1-14(2,3)13(16)8-11-7-9-6-10(15)4-5-12(9)17-11;;;/h5-10,12,23H,11H2,1-4H3,(H,22,24,26);5-8,16H,9H2,1-4H3;4-7,13,16H,8,15H2,1-3H3;4-7,15H,8H2,1-3H3;3*1H4. The van der Waals surface area contributed by atoms with Gasteiger partial charge in [-0.15, -0.1) is 11.3 Å². The molecule has 0 aliphatic rings. The third-order valence-corrected chi connectivity index (χ3v) is 14.2. The lowest BCUT2D eigenvalue weighted by molar-refractivity contribution is -0.126. The zero-order chi connectivity index (χ0) is 57.5. The van der Waals surface area contributed by atoms with Crippen LogP contribution in [0.5, 0.6) is 11.5 Å². The van der Waals surface area contributed by atoms with Crippen LogP contribution in [-0.2, 0) is 40.1 Å². The van der Waals surface area contributed by atoms with Gasteiger partial charge >= 0.3 is 0 Å². The molecule has 14 heteroatoms. The number of ketones is 3. The van der Waals surface area contributed by atoms with E-state index >= 15 is 0 Å². The smallest absolute Gasteiger partial charge is 0.256 e. The van der Waals surface area contributed by atoms with Crippen LogP contribution in [0, 0.1) is 28.6 Å². The van der Waals surface area contributed by atoms with Crippen molar-refractivity contribution >= 4 is 89.0 Å². The summed E-state index contributed by atoms with van der Waals surface area (Å²) < 4.78 is 12.0. The highest BCUT2D eigenvalue weighted by Gasteiger charge is 2.26. The number of aliphatic hydroxyl groups is 1. The van der Waals surface area contributed by atoms with Crippen LogP contribution in [0.3, 0.4) is 0 Å². The Hall–Kier alpha value is -7.55. The molecule has 9 rings (SSSR count). The largest absolute Gasteiger partial charge is 0.508 e. The molecule has 0 spiro atoms. The van der Waals surface area contributed by atoms with Crippen LogP contribution in [-0.4, -0.2) is 61.6 Å². The van der Waals surface area contributed by atoms with Crippen LogP contribution in [0.2, 0.25) is 0 Å². The number of pyridine rings is 1. The van der Waals surface area contributed by atoms with E-state index in [1.54, 1.807) is 48.9 Å². The first-order chi connectivity index (χ1) is 36.3. The van der Waals surface area contributed by atoms with Crippen molar-refractivity contribution < 1.29 is 38.5 Å². The molecule has 0 saturated carbocycles. The number of nitrogen functional groups attached to an aromatic ring is 1. The Kier molecular flexibility index (Phi) is 23.2. The number of ether oxygens (including phenoxy) is 1. The molecular formula is C67H89N5O8S. The molecule has 81 heavy (non-hydrogen) atoms. The maximum Gasteiger partial charge on any atom is 0.256 e. The van der Waals surface area contributed by atoms with E-state index in [4.69, 9.17) is 14.9 Å². The van der Waals surface area contributed by atoms with Gasteiger partial charge in [-0.2, -0.15) is 0 Å². The Balaban J connectivity index is 0.000000285. The lowest BCUT2D eigenvalue weighted by Gasteiger charge is -2.24. The SMILES string of the molecule is C.C.C.CC(C)(C)C(=O)Cc1cc2cc(O)ccc2s1.CC(C)(C)C(O)Cc1cc2cc(N)ccc2o1.COc1ccc2[nH]c(CC(=O)C(C)(C)C)cc2c1.Cc1ccc(C(=O)Nc2cc3cc(CC(=O)C(C)(C)C)[nH]c3cn2)cc1. The number of fused-ring (bicyclic) bond motifs is 4. The van der Waals surface area contributed by atoms with Gasteiger partial charge in [0.2, 0.25) is 0 Å². The molecule has 436 valence electrons. The maximum absolute atomic E-state index is 12.3. The molecule has 5 heterocycles. The number of nitrogens with zero attached hydrogens (tertiary/aromatic N) is 1. The number of phenolic OH excluding ortho intramolecular Hbond substituents is 1. The van der Waals surface area contributed by atoms with E-state index in [9.17, 15) is 29.4 Å². The van der Waals surface area contributed by atoms with Crippen LogP contribution in [0.15, 0.2) is 120 Å². The van der Waals surface area contributed by atoms with Crippen molar-refractivity contribution in [2.45, 2.75) is 144 Å². The fraction of sp³-hybridized carbons (Fsp3) is 0.388. The van der Waals surface area contributed by atoms with E-state index in [-0.39, 0.29) is 72.9 Å². The number of aromatic hydroxyl groups is 1. The molecule has 1 atom stereocenters. The second kappa shape index (κ2) is 27.7. The number of amides is 1. The van der Waals surface area contributed by atoms with Gasteiger partial charge in [0.25, 0.3) is 5.91 Å². The summed E-state index contributed by atoms with van der Waals surface area (Å²) in [6, 6.07) is 33.8. The van der Waals surface area contributed by atoms with Crippen LogP contribution in [0.25, 0.3) is 42.9 Å². The first-order valence-corrected chi connectivity index (χ1v) is 26.9. The molecule has 5 aromatic heterocycles. The van der Waals surface area contributed by atoms with Crippen molar-refractivity contribution in [2.24, 2.45) is 21.7 Å². The predicted molar refractivity (Wildman–Crippen MR) is 338 cm³/mol. The number of Topliss-reactive ketones (excluding diaryl/α,β-unsaturated/α-hetero) is 3. The number of anilines is 2. The fourth-order valence-corrected chi connectivity index (χ4v) is 8.77. The van der Waals surface area contributed by atoms with E-state index in [2.05, 4.69) is 20.3 Å². The van der Waals surface area contributed by atoms with Crippen LogP contribution in [0.4, 0.5) is 11.5 Å². The number of aryl methyl sites for hydroxylation is 1. The molecule has 0 radical (unpaired) electrons. The first-order valence-electron chi connectivity index (χ1n) is 26.1. The lowest BCUT2D eigenvalue weighted by atomic mass is 9.87. The predicted octanol–water partition coefficient (Wildman–Crippen LogP) is 16.3. The van der Waals surface area contributed by atoms with Crippen molar-refractivity contribution in [2.75, 3.05) is 18.2 Å². The highest BCUT2D eigenvalue weighted by Crippen LogP contribution is 2.32. The van der Waals surface area contributed by atoms with Gasteiger partial charge in [-0.25, -0.2) is 4.98 Å². The summed E-state index contributed by atoms with van der Waals surface area (Å²) in [5.41, 5.74) is 11.5. The number of H-pyrrole nitrogens is 2. The number of furan rings is 1. The molecule has 4 aromatic carbocycles. The van der Waals surface area contributed by atoms with Crippen molar-refractivity contribution in [1.29, 1.82) is 0 Å². The minimum Gasteiger partial charge on any atom is -0.508 e. The second-order valence-corrected chi connectivity index (χ2v) is 25.3. The Morgan fingerprint density at radius 3 is 1.79 bits per heavy atom. The van der Waals surface area contributed by atoms with Gasteiger partial charge < -0.3 is 40.4 Å². The van der Waals surface area contributed by atoms with E-state index in [0.29, 0.717) is 37.1 Å². The van der Waals surface area contributed by atoms with Crippen LogP contribution < -0.4 is 15.8 Å². The Morgan fingerprint density at radius 1 is 0.654 bits per heavy atom. The molecule has 0 saturated heterocycles. The minimum absolute atomic E-state index is 0. The van der Waals surface area contributed by atoms with E-state index < -0.39 is 6.10 Å². The number of hydrogen-bond donors (Lipinski definition) is 6. The number of aromatic amines is 2. The normalized spacial score (nSPS) is 11.8. The molecule has 0 aliphatic carbocycles. The van der Waals surface area contributed by atoms with E-state index in [0.717, 1.165) is 81.9 Å². The molecule has 0 fully saturated rings. The first kappa shape index (κ1) is 67.7. The minimum atomic E-state index is -0.416. The summed E-state index contributed by atoms with van der Waals surface area (Å²) in [6.45, 7) is 25.4. The van der Waals surface area contributed by atoms with Gasteiger partial charge in [0, 0.05) is 95.8 Å². The summed E-state index contributed by atoms with van der Waals surface area (Å²) in [5.74, 6) is 2.83. The number of thiophene rings is 1. The van der Waals surface area contributed by atoms with Crippen molar-refractivity contribution in [3.63, 3.8) is 0 Å². The molecule has 1 amide bonds. The number of rotatable bonds is 11. The average molecular weight is 1120 g/mol. The Labute approximate surface area is 484 Å². The molecule has 0 bridgehead atoms. The zero-order valence-corrected chi connectivity index (χ0v) is 48.5. The number of aliphatic hydroxyl groups excluding tert-OH is 1. The van der Waals surface area contributed by atoms with Crippen LogP contribution >= 0.6 is 11.3 Å². The highest BCUT2D eigenvalue weighted by molar-refractivity contribution is 7.19. The van der Waals surface area contributed by atoms with Crippen molar-refractivity contribution in [3.8, 4) is 11.5 Å². The fourth-order valence-electron chi connectivity index (χ4n) is 7.73. The molecule has 7 N–H and O–H groups in total. The molecule has 9 aromatic rings. The molecule has 13 nitrogen and oxygen atoms in total. The van der Waals surface area contributed by atoms with Gasteiger partial charge in [-0.1, -0.05) is 123 Å². The van der Waals surface area contributed by atoms with Gasteiger partial charge in [-0.3, -0.25) is 19.2 Å². The van der Waals surface area contributed by atoms with Gasteiger partial charge in [-0.05, 0) is 115 Å². The highest BCUT2D eigenvalue weighted by atomic mass is 32.1. The van der Waals surface area contributed by atoms with Crippen LogP contribution in [0.1, 0.15) is 143 Å². The molecule has 1 unspecified atom stereocenters. The topological polar surface area (TPSA) is 214 Å². The van der Waals surface area contributed by atoms with Crippen molar-refractivity contribution in [1.82, 2.24) is 15.0 Å². The third-order valence-electron chi connectivity index (χ3n) is 13.1. The summed E-state index contributed by atoms with van der Waals surface area (Å²) >= 11 is 1.62. The number of carbonyl (C=O) groups excluding carboxylic acids is 4. The quantitative estimate of drug-likeness (QED) is 0.0674. The number of hydrogen-bond acceptors (Lipinski definition) is 11. The van der Waals surface area contributed by atoms with Gasteiger partial charge in [0.15, 0.2) is 0 Å². The maximum atomic E-state index is 12.3. The number of methoxy groups -OCH3 is 1. The summed E-state index contributed by atoms with van der Waals surface area (Å²) in [5, 5.41) is 26.2. The number of benzene rings is 4.